The lowest BCUT2D eigenvalue weighted by Crippen LogP contribution is -2.35. The molecule has 2 rings (SSSR count). The Morgan fingerprint density at radius 3 is 2.48 bits per heavy atom. The Balaban J connectivity index is 1.71. The molecule has 7 heteroatoms. The smallest absolute Gasteiger partial charge is 0.240 e. The molecule has 0 aliphatic carbocycles. The highest BCUT2D eigenvalue weighted by Crippen LogP contribution is 2.16. The van der Waals surface area contributed by atoms with E-state index in [1.54, 1.807) is 19.1 Å². The van der Waals surface area contributed by atoms with E-state index in [9.17, 15) is 13.2 Å². The van der Waals surface area contributed by atoms with E-state index in [0.29, 0.717) is 11.3 Å². The number of sulfonamides is 1. The molecule has 2 aromatic carbocycles. The minimum Gasteiger partial charge on any atom is -0.354 e. The number of hydrogen-bond donors (Lipinski definition) is 2. The monoisotopic (exact) mass is 406 g/mol. The van der Waals surface area contributed by atoms with Crippen LogP contribution in [0, 0.1) is 20.8 Å². The van der Waals surface area contributed by atoms with E-state index < -0.39 is 10.0 Å². The van der Waals surface area contributed by atoms with Gasteiger partial charge in [0, 0.05) is 18.8 Å². The largest absolute Gasteiger partial charge is 0.354 e. The summed E-state index contributed by atoms with van der Waals surface area (Å²) in [6.07, 6.45) is 0. The van der Waals surface area contributed by atoms with Crippen LogP contribution in [-0.4, -0.2) is 33.2 Å². The number of nitrogens with one attached hydrogen (secondary N) is 2. The predicted octanol–water partition coefficient (Wildman–Crippen LogP) is 2.94. The number of benzene rings is 2. The van der Waals surface area contributed by atoms with Crippen molar-refractivity contribution in [1.29, 1.82) is 0 Å². The molecule has 2 aromatic rings. The van der Waals surface area contributed by atoms with Crippen LogP contribution in [0.25, 0.3) is 0 Å². The Bertz CT molecular complexity index is 896. The van der Waals surface area contributed by atoms with Gasteiger partial charge in [0.15, 0.2) is 0 Å². The molecule has 0 aromatic heterocycles. The second-order valence-electron chi connectivity index (χ2n) is 6.50. The van der Waals surface area contributed by atoms with Crippen molar-refractivity contribution < 1.29 is 13.2 Å². The number of amides is 1. The molecule has 0 heterocycles. The Morgan fingerprint density at radius 1 is 1.00 bits per heavy atom. The molecule has 0 radical (unpaired) electrons. The summed E-state index contributed by atoms with van der Waals surface area (Å²) < 4.78 is 27.3. The highest BCUT2D eigenvalue weighted by molar-refractivity contribution is 7.99. The normalized spacial score (nSPS) is 11.4. The van der Waals surface area contributed by atoms with Crippen molar-refractivity contribution in [3.63, 3.8) is 0 Å². The highest BCUT2D eigenvalue weighted by atomic mass is 32.2. The van der Waals surface area contributed by atoms with Crippen LogP contribution in [0.2, 0.25) is 0 Å². The third kappa shape index (κ3) is 7.01. The van der Waals surface area contributed by atoms with Crippen molar-refractivity contribution >= 4 is 27.7 Å². The Kier molecular flexibility index (Phi) is 7.89. The molecule has 0 bridgehead atoms. The number of hydrogen-bond acceptors (Lipinski definition) is 4. The SMILES string of the molecule is Cc1cccc(CSCC(=O)NCCNS(=O)(=O)c2cc(C)ccc2C)c1. The first kappa shape index (κ1) is 21.5. The molecule has 0 fully saturated rings. The van der Waals surface area contributed by atoms with E-state index in [2.05, 4.69) is 16.1 Å². The number of carbonyl (C=O) groups is 1. The van der Waals surface area contributed by atoms with Crippen LogP contribution in [0.15, 0.2) is 47.4 Å². The number of aryl methyl sites for hydroxylation is 3. The van der Waals surface area contributed by atoms with Gasteiger partial charge in [-0.15, -0.1) is 11.8 Å². The molecule has 0 saturated heterocycles. The van der Waals surface area contributed by atoms with Crippen molar-refractivity contribution in [2.75, 3.05) is 18.8 Å². The first-order valence-corrected chi connectivity index (χ1v) is 11.4. The number of rotatable bonds is 9. The maximum atomic E-state index is 12.4. The lowest BCUT2D eigenvalue weighted by atomic mass is 10.2. The fraction of sp³-hybridized carbons (Fsp3) is 0.350. The molecule has 2 N–H and O–H groups in total. The van der Waals surface area contributed by atoms with Crippen molar-refractivity contribution in [1.82, 2.24) is 10.0 Å². The third-order valence-electron chi connectivity index (χ3n) is 3.96. The molecule has 0 saturated carbocycles. The number of carbonyl (C=O) groups excluding carboxylic acids is 1. The summed E-state index contributed by atoms with van der Waals surface area (Å²) >= 11 is 1.54. The molecule has 27 heavy (non-hydrogen) atoms. The van der Waals surface area contributed by atoms with E-state index in [4.69, 9.17) is 0 Å². The maximum Gasteiger partial charge on any atom is 0.240 e. The summed E-state index contributed by atoms with van der Waals surface area (Å²) in [5, 5.41) is 2.74. The lowest BCUT2D eigenvalue weighted by molar-refractivity contribution is -0.118. The van der Waals surface area contributed by atoms with Crippen LogP contribution in [-0.2, 0) is 20.6 Å². The fourth-order valence-corrected chi connectivity index (χ4v) is 4.74. The topological polar surface area (TPSA) is 75.3 Å². The first-order valence-electron chi connectivity index (χ1n) is 8.75. The van der Waals surface area contributed by atoms with Crippen LogP contribution < -0.4 is 10.0 Å². The van der Waals surface area contributed by atoms with Crippen LogP contribution in [0.3, 0.4) is 0 Å². The quantitative estimate of drug-likeness (QED) is 0.628. The summed E-state index contributed by atoms with van der Waals surface area (Å²) in [4.78, 5) is 12.2. The van der Waals surface area contributed by atoms with E-state index >= 15 is 0 Å². The molecule has 1 amide bonds. The first-order chi connectivity index (χ1) is 12.8. The Morgan fingerprint density at radius 2 is 1.74 bits per heavy atom. The van der Waals surface area contributed by atoms with Crippen LogP contribution >= 0.6 is 11.8 Å². The van der Waals surface area contributed by atoms with E-state index in [1.807, 2.05) is 38.1 Å². The molecular weight excluding hydrogens is 380 g/mol. The van der Waals surface area contributed by atoms with Crippen LogP contribution in [0.4, 0.5) is 0 Å². The Hall–Kier alpha value is -1.83. The molecule has 0 unspecified atom stereocenters. The molecule has 0 spiro atoms. The molecule has 0 aliphatic heterocycles. The van der Waals surface area contributed by atoms with Crippen molar-refractivity contribution in [2.24, 2.45) is 0 Å². The summed E-state index contributed by atoms with van der Waals surface area (Å²) in [6, 6.07) is 13.5. The summed E-state index contributed by atoms with van der Waals surface area (Å²) in [5.74, 6) is 1.02. The van der Waals surface area contributed by atoms with Gasteiger partial charge in [0.05, 0.1) is 10.6 Å². The van der Waals surface area contributed by atoms with E-state index in [1.165, 1.54) is 22.9 Å². The van der Waals surface area contributed by atoms with E-state index in [0.717, 1.165) is 11.3 Å². The average Bonchev–Trinajstić information content (AvgIpc) is 2.61. The molecule has 5 nitrogen and oxygen atoms in total. The second kappa shape index (κ2) is 9.92. The van der Waals surface area contributed by atoms with Gasteiger partial charge in [-0.25, -0.2) is 13.1 Å². The average molecular weight is 407 g/mol. The minimum atomic E-state index is -3.57. The number of thioether (sulfide) groups is 1. The zero-order chi connectivity index (χ0) is 19.9. The van der Waals surface area contributed by atoms with Crippen LogP contribution in [0.5, 0.6) is 0 Å². The van der Waals surface area contributed by atoms with Gasteiger partial charge in [-0.05, 0) is 43.5 Å². The minimum absolute atomic E-state index is 0.0985. The predicted molar refractivity (Wildman–Crippen MR) is 111 cm³/mol. The maximum absolute atomic E-state index is 12.4. The van der Waals surface area contributed by atoms with Gasteiger partial charge >= 0.3 is 0 Å². The van der Waals surface area contributed by atoms with Gasteiger partial charge in [0.25, 0.3) is 0 Å². The Labute approximate surface area is 166 Å². The van der Waals surface area contributed by atoms with Gasteiger partial charge in [0.2, 0.25) is 15.9 Å². The molecular formula is C20H26N2O3S2. The fourth-order valence-electron chi connectivity index (χ4n) is 2.58. The van der Waals surface area contributed by atoms with Crippen molar-refractivity contribution in [3.8, 4) is 0 Å². The van der Waals surface area contributed by atoms with Gasteiger partial charge in [0.1, 0.15) is 0 Å². The second-order valence-corrected chi connectivity index (χ2v) is 9.22. The van der Waals surface area contributed by atoms with Crippen molar-refractivity contribution in [2.45, 2.75) is 31.4 Å². The van der Waals surface area contributed by atoms with Gasteiger partial charge in [-0.1, -0.05) is 42.0 Å². The summed E-state index contributed by atoms with van der Waals surface area (Å²) in [6.45, 7) is 6.08. The molecule has 146 valence electrons. The zero-order valence-corrected chi connectivity index (χ0v) is 17.5. The third-order valence-corrected chi connectivity index (χ3v) is 6.56. The van der Waals surface area contributed by atoms with Crippen molar-refractivity contribution in [3.05, 3.63) is 64.7 Å². The van der Waals surface area contributed by atoms with Crippen LogP contribution in [0.1, 0.15) is 22.3 Å². The molecule has 0 atom stereocenters. The standard InChI is InChI=1S/C20H26N2O3S2/c1-15-5-4-6-18(11-15)13-26-14-20(23)21-9-10-22-27(24,25)19-12-16(2)7-8-17(19)3/h4-8,11-12,22H,9-10,13-14H2,1-3H3,(H,21,23). The van der Waals surface area contributed by atoms with Gasteiger partial charge < -0.3 is 5.32 Å². The highest BCUT2D eigenvalue weighted by Gasteiger charge is 2.16. The summed E-state index contributed by atoms with van der Waals surface area (Å²) in [5.41, 5.74) is 3.98. The zero-order valence-electron chi connectivity index (χ0n) is 15.9. The van der Waals surface area contributed by atoms with Gasteiger partial charge in [-0.3, -0.25) is 4.79 Å². The van der Waals surface area contributed by atoms with Gasteiger partial charge in [-0.2, -0.15) is 0 Å². The summed E-state index contributed by atoms with van der Waals surface area (Å²) in [7, 11) is -3.57. The molecule has 0 aliphatic rings. The lowest BCUT2D eigenvalue weighted by Gasteiger charge is -2.11. The van der Waals surface area contributed by atoms with E-state index in [-0.39, 0.29) is 23.9 Å².